The molecule has 1 atom stereocenters. The van der Waals surface area contributed by atoms with Crippen LogP contribution in [0.5, 0.6) is 0 Å². The molecule has 0 amide bonds. The summed E-state index contributed by atoms with van der Waals surface area (Å²) in [4.78, 5) is -0.105. The summed E-state index contributed by atoms with van der Waals surface area (Å²) in [6.45, 7) is -0.887. The predicted molar refractivity (Wildman–Crippen MR) is 67.8 cm³/mol. The molecule has 1 rings (SSSR count). The lowest BCUT2D eigenvalue weighted by Gasteiger charge is -2.10. The number of sulfone groups is 1. The molecule has 19 heavy (non-hydrogen) atoms. The van der Waals surface area contributed by atoms with Crippen molar-refractivity contribution < 1.29 is 27.0 Å². The molecule has 0 fully saturated rings. The molecular weight excluding hydrogens is 294 g/mol. The summed E-state index contributed by atoms with van der Waals surface area (Å²) in [7, 11) is -7.23. The van der Waals surface area contributed by atoms with Crippen molar-refractivity contribution >= 4 is 19.9 Å². The molecule has 1 aromatic rings. The maximum absolute atomic E-state index is 11.8. The Balaban J connectivity index is 2.91. The molecule has 0 radical (unpaired) electrons. The summed E-state index contributed by atoms with van der Waals surface area (Å²) in [6, 6.07) is 4.69. The van der Waals surface area contributed by atoms with Crippen LogP contribution in [0.2, 0.25) is 0 Å². The third-order valence-corrected chi connectivity index (χ3v) is 4.85. The molecule has 1 aromatic carbocycles. The Kier molecular flexibility index (Phi) is 5.04. The number of benzene rings is 1. The molecule has 0 aromatic heterocycles. The van der Waals surface area contributed by atoms with Crippen LogP contribution in [0.1, 0.15) is 0 Å². The van der Waals surface area contributed by atoms with E-state index < -0.39 is 32.6 Å². The lowest BCUT2D eigenvalue weighted by molar-refractivity contribution is 0.0988. The molecule has 0 aliphatic rings. The minimum Gasteiger partial charge on any atom is -0.394 e. The molecule has 0 heterocycles. The second-order valence-electron chi connectivity index (χ2n) is 3.93. The molecule has 7 nitrogen and oxygen atoms in total. The van der Waals surface area contributed by atoms with E-state index in [0.29, 0.717) is 0 Å². The standard InChI is InChI=1S/C10H15NO6S2/c1-18(14,15)9-2-4-10(5-3-9)19(16,17)11-6-8(13)7-12/h2-5,8,11-13H,6-7H2,1H3. The van der Waals surface area contributed by atoms with E-state index in [1.807, 2.05) is 0 Å². The van der Waals surface area contributed by atoms with Gasteiger partial charge in [-0.2, -0.15) is 0 Å². The molecule has 0 bridgehead atoms. The molecule has 108 valence electrons. The van der Waals surface area contributed by atoms with Crippen LogP contribution in [0.25, 0.3) is 0 Å². The first kappa shape index (κ1) is 16.1. The smallest absolute Gasteiger partial charge is 0.240 e. The normalized spacial score (nSPS) is 14.3. The molecular formula is C10H15NO6S2. The van der Waals surface area contributed by atoms with Gasteiger partial charge in [0.15, 0.2) is 9.84 Å². The van der Waals surface area contributed by atoms with Crippen LogP contribution in [0.4, 0.5) is 0 Å². The molecule has 0 saturated heterocycles. The summed E-state index contributed by atoms with van der Waals surface area (Å²) >= 11 is 0. The lowest BCUT2D eigenvalue weighted by atomic mass is 10.4. The van der Waals surface area contributed by atoms with Crippen LogP contribution < -0.4 is 4.72 Å². The Hall–Kier alpha value is -1.00. The van der Waals surface area contributed by atoms with Crippen molar-refractivity contribution in [2.75, 3.05) is 19.4 Å². The number of hydrogen-bond acceptors (Lipinski definition) is 6. The Morgan fingerprint density at radius 2 is 1.58 bits per heavy atom. The van der Waals surface area contributed by atoms with Crippen molar-refractivity contribution in [2.24, 2.45) is 0 Å². The molecule has 0 aliphatic heterocycles. The first-order valence-corrected chi connectivity index (χ1v) is 8.63. The van der Waals surface area contributed by atoms with Crippen LogP contribution in [0.15, 0.2) is 34.1 Å². The average Bonchev–Trinajstić information content (AvgIpc) is 2.35. The zero-order valence-electron chi connectivity index (χ0n) is 10.1. The Labute approximate surface area is 111 Å². The van der Waals surface area contributed by atoms with Crippen molar-refractivity contribution in [1.29, 1.82) is 0 Å². The number of aliphatic hydroxyl groups is 2. The summed E-state index contributed by atoms with van der Waals surface area (Å²) in [6.07, 6.45) is -0.170. The average molecular weight is 309 g/mol. The van der Waals surface area contributed by atoms with Crippen molar-refractivity contribution in [2.45, 2.75) is 15.9 Å². The summed E-state index contributed by atoms with van der Waals surface area (Å²) in [5, 5.41) is 17.6. The van der Waals surface area contributed by atoms with Crippen LogP contribution in [0.3, 0.4) is 0 Å². The molecule has 0 saturated carbocycles. The van der Waals surface area contributed by atoms with Gasteiger partial charge < -0.3 is 10.2 Å². The largest absolute Gasteiger partial charge is 0.394 e. The van der Waals surface area contributed by atoms with Gasteiger partial charge in [-0.1, -0.05) is 0 Å². The highest BCUT2D eigenvalue weighted by Gasteiger charge is 2.16. The maximum Gasteiger partial charge on any atom is 0.240 e. The fourth-order valence-electron chi connectivity index (χ4n) is 1.22. The molecule has 9 heteroatoms. The van der Waals surface area contributed by atoms with Crippen LogP contribution in [-0.4, -0.2) is 52.6 Å². The Morgan fingerprint density at radius 3 is 2.00 bits per heavy atom. The second kappa shape index (κ2) is 5.97. The lowest BCUT2D eigenvalue weighted by Crippen LogP contribution is -2.33. The van der Waals surface area contributed by atoms with Gasteiger partial charge in [-0.3, -0.25) is 0 Å². The number of aliphatic hydroxyl groups excluding tert-OH is 2. The number of hydrogen-bond donors (Lipinski definition) is 3. The zero-order chi connectivity index (χ0) is 14.7. The third kappa shape index (κ3) is 4.55. The van der Waals surface area contributed by atoms with E-state index >= 15 is 0 Å². The SMILES string of the molecule is CS(=O)(=O)c1ccc(S(=O)(=O)NCC(O)CO)cc1. The Bertz CT molecular complexity index is 620. The van der Waals surface area contributed by atoms with Crippen LogP contribution >= 0.6 is 0 Å². The van der Waals surface area contributed by atoms with Gasteiger partial charge in [0.05, 0.1) is 22.5 Å². The summed E-state index contributed by atoms with van der Waals surface area (Å²) < 4.78 is 48.1. The van der Waals surface area contributed by atoms with Crippen molar-refractivity contribution in [3.8, 4) is 0 Å². The first-order chi connectivity index (χ1) is 8.66. The zero-order valence-corrected chi connectivity index (χ0v) is 11.8. The van der Waals surface area contributed by atoms with Gasteiger partial charge in [0.1, 0.15) is 0 Å². The fraction of sp³-hybridized carbons (Fsp3) is 0.400. The van der Waals surface area contributed by atoms with E-state index in [2.05, 4.69) is 4.72 Å². The highest BCUT2D eigenvalue weighted by atomic mass is 32.2. The van der Waals surface area contributed by atoms with E-state index in [0.717, 1.165) is 18.4 Å². The van der Waals surface area contributed by atoms with Gasteiger partial charge in [0.25, 0.3) is 0 Å². The van der Waals surface area contributed by atoms with E-state index in [1.54, 1.807) is 0 Å². The van der Waals surface area contributed by atoms with E-state index in [4.69, 9.17) is 10.2 Å². The van der Waals surface area contributed by atoms with Crippen molar-refractivity contribution in [1.82, 2.24) is 4.72 Å². The minimum absolute atomic E-state index is 0.0156. The summed E-state index contributed by atoms with van der Waals surface area (Å²) in [5.41, 5.74) is 0. The first-order valence-electron chi connectivity index (χ1n) is 5.25. The van der Waals surface area contributed by atoms with Crippen molar-refractivity contribution in [3.05, 3.63) is 24.3 Å². The van der Waals surface area contributed by atoms with E-state index in [-0.39, 0.29) is 16.3 Å². The summed E-state index contributed by atoms with van der Waals surface area (Å²) in [5.74, 6) is 0. The van der Waals surface area contributed by atoms with Gasteiger partial charge in [0.2, 0.25) is 10.0 Å². The maximum atomic E-state index is 11.8. The highest BCUT2D eigenvalue weighted by molar-refractivity contribution is 7.90. The fourth-order valence-corrected chi connectivity index (χ4v) is 2.92. The number of sulfonamides is 1. The molecule has 1 unspecified atom stereocenters. The molecule has 3 N–H and O–H groups in total. The monoisotopic (exact) mass is 309 g/mol. The van der Waals surface area contributed by atoms with Gasteiger partial charge in [-0.25, -0.2) is 21.6 Å². The number of nitrogens with one attached hydrogen (secondary N) is 1. The molecule has 0 aliphatic carbocycles. The van der Waals surface area contributed by atoms with Crippen LogP contribution in [0, 0.1) is 0 Å². The van der Waals surface area contributed by atoms with Gasteiger partial charge >= 0.3 is 0 Å². The van der Waals surface area contributed by atoms with Crippen LogP contribution in [-0.2, 0) is 19.9 Å². The molecule has 0 spiro atoms. The predicted octanol–water partition coefficient (Wildman–Crippen LogP) is -1.28. The quantitative estimate of drug-likeness (QED) is 0.602. The second-order valence-corrected chi connectivity index (χ2v) is 7.71. The Morgan fingerprint density at radius 1 is 1.11 bits per heavy atom. The van der Waals surface area contributed by atoms with Gasteiger partial charge in [-0.05, 0) is 24.3 Å². The van der Waals surface area contributed by atoms with Gasteiger partial charge in [-0.15, -0.1) is 0 Å². The van der Waals surface area contributed by atoms with E-state index in [1.165, 1.54) is 12.1 Å². The highest BCUT2D eigenvalue weighted by Crippen LogP contribution is 2.14. The third-order valence-electron chi connectivity index (χ3n) is 2.28. The van der Waals surface area contributed by atoms with E-state index in [9.17, 15) is 16.8 Å². The minimum atomic E-state index is -3.84. The van der Waals surface area contributed by atoms with Crippen molar-refractivity contribution in [3.63, 3.8) is 0 Å². The number of rotatable bonds is 6. The topological polar surface area (TPSA) is 121 Å². The van der Waals surface area contributed by atoms with Gasteiger partial charge in [0, 0.05) is 12.8 Å².